The second kappa shape index (κ2) is 3.70. The molecule has 2 rings (SSSR count). The Morgan fingerprint density at radius 2 is 1.69 bits per heavy atom. The molecule has 0 atom stereocenters. The van der Waals surface area contributed by atoms with Gasteiger partial charge in [-0.2, -0.15) is 0 Å². The largest absolute Gasteiger partial charge is 0.338 e. The van der Waals surface area contributed by atoms with Crippen molar-refractivity contribution in [3.63, 3.8) is 0 Å². The van der Waals surface area contributed by atoms with Gasteiger partial charge in [-0.25, -0.2) is 9.97 Å². The van der Waals surface area contributed by atoms with Crippen molar-refractivity contribution in [2.45, 2.75) is 0 Å². The van der Waals surface area contributed by atoms with Crippen LogP contribution in [0.2, 0.25) is 0 Å². The van der Waals surface area contributed by atoms with Gasteiger partial charge in [0.05, 0.1) is 0 Å². The minimum absolute atomic E-state index is 0.829. The van der Waals surface area contributed by atoms with Gasteiger partial charge in [0, 0.05) is 45.6 Å². The van der Waals surface area contributed by atoms with Crippen LogP contribution in [0.15, 0.2) is 18.5 Å². The molecular weight excluding hydrogens is 164 g/mol. The zero-order valence-corrected chi connectivity index (χ0v) is 7.56. The maximum absolute atomic E-state index is 4.20. The average molecular weight is 177 g/mol. The van der Waals surface area contributed by atoms with Gasteiger partial charge < -0.3 is 4.90 Å². The van der Waals surface area contributed by atoms with Crippen LogP contribution in [-0.2, 0) is 0 Å². The van der Waals surface area contributed by atoms with Gasteiger partial charge in [-0.1, -0.05) is 0 Å². The van der Waals surface area contributed by atoms with Gasteiger partial charge in [0.15, 0.2) is 0 Å². The molecule has 0 unspecified atom stereocenters. The second-order valence-electron chi connectivity index (χ2n) is 3.15. The highest BCUT2D eigenvalue weighted by Gasteiger charge is 2.15. The Kier molecular flexibility index (Phi) is 2.40. The van der Waals surface area contributed by atoms with E-state index >= 15 is 0 Å². The van der Waals surface area contributed by atoms with Gasteiger partial charge >= 0.3 is 0 Å². The van der Waals surface area contributed by atoms with Gasteiger partial charge in [-0.15, -0.1) is 0 Å². The smallest absolute Gasteiger partial charge is 0.225 e. The van der Waals surface area contributed by atoms with Gasteiger partial charge in [0.2, 0.25) is 5.95 Å². The van der Waals surface area contributed by atoms with E-state index in [0.29, 0.717) is 0 Å². The van der Waals surface area contributed by atoms with Gasteiger partial charge in [0.25, 0.3) is 0 Å². The van der Waals surface area contributed by atoms with E-state index in [2.05, 4.69) is 26.8 Å². The highest BCUT2D eigenvalue weighted by Crippen LogP contribution is 2.08. The summed E-state index contributed by atoms with van der Waals surface area (Å²) in [5.74, 6) is 0.829. The molecular formula is C9H13N4. The lowest BCUT2D eigenvalue weighted by Crippen LogP contribution is -2.44. The normalized spacial score (nSPS) is 19.0. The van der Waals surface area contributed by atoms with Crippen molar-refractivity contribution in [3.8, 4) is 0 Å². The first-order valence-corrected chi connectivity index (χ1v) is 4.44. The van der Waals surface area contributed by atoms with Crippen molar-refractivity contribution < 1.29 is 0 Å². The Labute approximate surface area is 78.2 Å². The molecule has 13 heavy (non-hydrogen) atoms. The third-order valence-corrected chi connectivity index (χ3v) is 2.21. The highest BCUT2D eigenvalue weighted by atomic mass is 15.3. The summed E-state index contributed by atoms with van der Waals surface area (Å²) in [7, 11) is 3.89. The first-order chi connectivity index (χ1) is 6.36. The fraction of sp³-hybridized carbons (Fsp3) is 0.444. The average Bonchev–Trinajstić information content (AvgIpc) is 2.20. The molecule has 0 bridgehead atoms. The summed E-state index contributed by atoms with van der Waals surface area (Å²) in [5, 5.41) is 0. The molecule has 4 nitrogen and oxygen atoms in total. The maximum atomic E-state index is 4.20. The molecule has 2 heterocycles. The molecule has 0 aromatic carbocycles. The first kappa shape index (κ1) is 8.44. The number of hydrogen-bond acceptors (Lipinski definition) is 4. The summed E-state index contributed by atoms with van der Waals surface area (Å²) < 4.78 is 0. The van der Waals surface area contributed by atoms with Crippen LogP contribution in [0.1, 0.15) is 0 Å². The van der Waals surface area contributed by atoms with E-state index in [1.165, 1.54) is 0 Å². The Morgan fingerprint density at radius 3 is 2.31 bits per heavy atom. The molecule has 69 valence electrons. The van der Waals surface area contributed by atoms with E-state index in [9.17, 15) is 0 Å². The number of hydrogen-bond donors (Lipinski definition) is 0. The van der Waals surface area contributed by atoms with Crippen LogP contribution in [0, 0.1) is 7.05 Å². The van der Waals surface area contributed by atoms with E-state index < -0.39 is 0 Å². The Bertz CT molecular complexity index is 254. The van der Waals surface area contributed by atoms with Crippen LogP contribution >= 0.6 is 0 Å². The van der Waals surface area contributed by atoms with Gasteiger partial charge in [-0.05, 0) is 6.07 Å². The molecule has 0 N–H and O–H groups in total. The third-order valence-electron chi connectivity index (χ3n) is 2.21. The molecule has 1 saturated heterocycles. The lowest BCUT2D eigenvalue weighted by Gasteiger charge is -2.31. The molecule has 0 aliphatic carbocycles. The van der Waals surface area contributed by atoms with Crippen molar-refractivity contribution in [2.24, 2.45) is 0 Å². The van der Waals surface area contributed by atoms with E-state index in [-0.39, 0.29) is 0 Å². The molecule has 1 aromatic heterocycles. The van der Waals surface area contributed by atoms with Crippen LogP contribution in [-0.4, -0.2) is 41.0 Å². The van der Waals surface area contributed by atoms with E-state index in [1.54, 1.807) is 12.4 Å². The molecule has 0 spiro atoms. The van der Waals surface area contributed by atoms with Crippen molar-refractivity contribution in [2.75, 3.05) is 31.1 Å². The van der Waals surface area contributed by atoms with Crippen molar-refractivity contribution >= 4 is 5.95 Å². The minimum Gasteiger partial charge on any atom is -0.338 e. The molecule has 0 amide bonds. The summed E-state index contributed by atoms with van der Waals surface area (Å²) in [4.78, 5) is 12.7. The Hall–Kier alpha value is -1.16. The predicted molar refractivity (Wildman–Crippen MR) is 51.2 cm³/mol. The quantitative estimate of drug-likeness (QED) is 0.621. The molecule has 1 fully saturated rings. The lowest BCUT2D eigenvalue weighted by atomic mass is 10.3. The molecule has 1 aliphatic heterocycles. The molecule has 1 aromatic rings. The monoisotopic (exact) mass is 177 g/mol. The van der Waals surface area contributed by atoms with Gasteiger partial charge in [-0.3, -0.25) is 4.90 Å². The standard InChI is InChI=1S/C9H13N4/c1-12-5-7-13(8-6-12)9-10-3-2-4-11-9/h2-4H,1,5-8H2. The number of rotatable bonds is 1. The maximum Gasteiger partial charge on any atom is 0.225 e. The van der Waals surface area contributed by atoms with E-state index in [4.69, 9.17) is 0 Å². The lowest BCUT2D eigenvalue weighted by molar-refractivity contribution is 0.342. The second-order valence-corrected chi connectivity index (χ2v) is 3.15. The molecule has 1 aliphatic rings. The van der Waals surface area contributed by atoms with Crippen LogP contribution in [0.25, 0.3) is 0 Å². The predicted octanol–water partition coefficient (Wildman–Crippen LogP) is 0.390. The topological polar surface area (TPSA) is 32.3 Å². The van der Waals surface area contributed by atoms with Gasteiger partial charge in [0.1, 0.15) is 0 Å². The van der Waals surface area contributed by atoms with Crippen molar-refractivity contribution in [1.29, 1.82) is 0 Å². The summed E-state index contributed by atoms with van der Waals surface area (Å²) in [6.07, 6.45) is 3.55. The number of nitrogens with zero attached hydrogens (tertiary/aromatic N) is 4. The number of aromatic nitrogens is 2. The highest BCUT2D eigenvalue weighted by molar-refractivity contribution is 5.29. The summed E-state index contributed by atoms with van der Waals surface area (Å²) >= 11 is 0. The van der Waals surface area contributed by atoms with Crippen molar-refractivity contribution in [3.05, 3.63) is 25.5 Å². The van der Waals surface area contributed by atoms with E-state index in [0.717, 1.165) is 32.1 Å². The molecule has 1 radical (unpaired) electrons. The Balaban J connectivity index is 2.03. The fourth-order valence-electron chi connectivity index (χ4n) is 1.40. The zero-order valence-electron chi connectivity index (χ0n) is 7.56. The minimum atomic E-state index is 0.829. The summed E-state index contributed by atoms with van der Waals surface area (Å²) in [5.41, 5.74) is 0. The fourth-order valence-corrected chi connectivity index (χ4v) is 1.40. The molecule has 4 heteroatoms. The number of piperazine rings is 1. The van der Waals surface area contributed by atoms with Crippen LogP contribution in [0.3, 0.4) is 0 Å². The zero-order chi connectivity index (χ0) is 9.10. The SMILES string of the molecule is [CH2]N1CCN(c2ncccn2)CC1. The molecule has 0 saturated carbocycles. The summed E-state index contributed by atoms with van der Waals surface area (Å²) in [6.45, 7) is 3.90. The number of anilines is 1. The third kappa shape index (κ3) is 1.95. The summed E-state index contributed by atoms with van der Waals surface area (Å²) in [6, 6.07) is 1.83. The van der Waals surface area contributed by atoms with Crippen LogP contribution < -0.4 is 4.90 Å². The van der Waals surface area contributed by atoms with Crippen LogP contribution in [0.4, 0.5) is 5.95 Å². The van der Waals surface area contributed by atoms with Crippen molar-refractivity contribution in [1.82, 2.24) is 14.9 Å². The van der Waals surface area contributed by atoms with E-state index in [1.807, 2.05) is 6.07 Å². The van der Waals surface area contributed by atoms with Crippen LogP contribution in [0.5, 0.6) is 0 Å². The first-order valence-electron chi connectivity index (χ1n) is 4.44. The Morgan fingerprint density at radius 1 is 1.08 bits per heavy atom.